The molecule has 0 aliphatic carbocycles. The van der Waals surface area contributed by atoms with E-state index in [4.69, 9.17) is 4.74 Å². The largest absolute Gasteiger partial charge is 0.497 e. The topological polar surface area (TPSA) is 97.7 Å². The Hall–Kier alpha value is -4.22. The van der Waals surface area contributed by atoms with Gasteiger partial charge in [0.1, 0.15) is 23.4 Å². The van der Waals surface area contributed by atoms with Crippen LogP contribution >= 0.6 is 23.1 Å². The lowest BCUT2D eigenvalue weighted by Gasteiger charge is -2.31. The average Bonchev–Trinajstić information content (AvgIpc) is 3.44. The van der Waals surface area contributed by atoms with Crippen LogP contribution in [-0.2, 0) is 26.3 Å². The number of nitrogens with zero attached hydrogens (tertiary/aromatic N) is 2. The highest BCUT2D eigenvalue weighted by atomic mass is 32.2. The van der Waals surface area contributed by atoms with Gasteiger partial charge in [0.2, 0.25) is 17.7 Å². The van der Waals surface area contributed by atoms with Crippen molar-refractivity contribution in [2.45, 2.75) is 48.9 Å². The Balaban J connectivity index is 1.41. The molecule has 3 aromatic carbocycles. The van der Waals surface area contributed by atoms with Crippen LogP contribution in [0.4, 0.5) is 15.8 Å². The van der Waals surface area contributed by atoms with Crippen LogP contribution < -0.4 is 19.8 Å². The smallest absolute Gasteiger partial charge is 0.308 e. The van der Waals surface area contributed by atoms with E-state index in [0.717, 1.165) is 34.2 Å². The summed E-state index contributed by atoms with van der Waals surface area (Å²) in [6.45, 7) is 6.04. The van der Waals surface area contributed by atoms with Gasteiger partial charge in [0.25, 0.3) is 0 Å². The molecule has 0 saturated carbocycles. The number of thiazole rings is 1. The minimum atomic E-state index is -0.801. The van der Waals surface area contributed by atoms with Gasteiger partial charge in [0.15, 0.2) is 0 Å². The van der Waals surface area contributed by atoms with E-state index < -0.39 is 28.8 Å². The molecule has 11 heteroatoms. The minimum Gasteiger partial charge on any atom is -0.497 e. The number of carbonyl (C=O) groups is 3. The maximum atomic E-state index is 14.1. The van der Waals surface area contributed by atoms with Gasteiger partial charge in [-0.25, -0.2) is 9.29 Å². The highest BCUT2D eigenvalue weighted by Crippen LogP contribution is 2.54. The lowest BCUT2D eigenvalue weighted by atomic mass is 9.81. The summed E-state index contributed by atoms with van der Waals surface area (Å²) >= 11 is 2.15. The SMILES string of the molecule is COc1ccc(N2C(=O)C3Sc4c(sc(=O)n4CC(=O)Nc4ccc(F)cc4)[C@H](c4ccc(C(C)(C)C)cc4)C3C2=O)cc1. The zero-order chi connectivity index (χ0) is 31.3. The molecule has 44 heavy (non-hydrogen) atoms. The van der Waals surface area contributed by atoms with Crippen molar-refractivity contribution in [1.82, 2.24) is 4.57 Å². The van der Waals surface area contributed by atoms with Crippen molar-refractivity contribution in [3.8, 4) is 5.75 Å². The zero-order valence-electron chi connectivity index (χ0n) is 24.5. The van der Waals surface area contributed by atoms with E-state index in [1.807, 2.05) is 24.3 Å². The fourth-order valence-electron chi connectivity index (χ4n) is 5.67. The summed E-state index contributed by atoms with van der Waals surface area (Å²) in [5.41, 5.74) is 2.67. The van der Waals surface area contributed by atoms with Gasteiger partial charge in [-0.3, -0.25) is 23.7 Å². The van der Waals surface area contributed by atoms with Crippen LogP contribution in [0.2, 0.25) is 0 Å². The second-order valence-corrected chi connectivity index (χ2v) is 13.9. The number of carbonyl (C=O) groups excluding carboxylic acids is 3. The number of hydrogen-bond acceptors (Lipinski definition) is 7. The molecule has 2 aliphatic heterocycles. The van der Waals surface area contributed by atoms with Crippen LogP contribution in [-0.4, -0.2) is 34.6 Å². The van der Waals surface area contributed by atoms with Crippen LogP contribution in [0.25, 0.3) is 0 Å². The number of imide groups is 1. The molecule has 0 radical (unpaired) electrons. The Kier molecular flexibility index (Phi) is 7.71. The van der Waals surface area contributed by atoms with Gasteiger partial charge >= 0.3 is 4.87 Å². The quantitative estimate of drug-likeness (QED) is 0.271. The second kappa shape index (κ2) is 11.4. The number of aromatic nitrogens is 1. The highest BCUT2D eigenvalue weighted by Gasteiger charge is 2.56. The molecule has 6 rings (SSSR count). The predicted octanol–water partition coefficient (Wildman–Crippen LogP) is 5.79. The van der Waals surface area contributed by atoms with E-state index >= 15 is 0 Å². The molecule has 1 aromatic heterocycles. The number of fused-ring (bicyclic) bond motifs is 2. The monoisotopic (exact) mass is 631 g/mol. The van der Waals surface area contributed by atoms with Crippen molar-refractivity contribution in [1.29, 1.82) is 0 Å². The third-order valence-electron chi connectivity index (χ3n) is 7.95. The Morgan fingerprint density at radius 2 is 1.59 bits per heavy atom. The number of thioether (sulfide) groups is 1. The molecule has 2 unspecified atom stereocenters. The molecule has 226 valence electrons. The van der Waals surface area contributed by atoms with E-state index in [1.165, 1.54) is 33.7 Å². The van der Waals surface area contributed by atoms with Crippen LogP contribution in [0.15, 0.2) is 82.6 Å². The average molecular weight is 632 g/mol. The zero-order valence-corrected chi connectivity index (χ0v) is 26.1. The van der Waals surface area contributed by atoms with Crippen molar-refractivity contribution in [2.75, 3.05) is 17.3 Å². The number of benzene rings is 3. The fourth-order valence-corrected chi connectivity index (χ4v) is 8.44. The number of anilines is 2. The van der Waals surface area contributed by atoms with E-state index in [9.17, 15) is 23.6 Å². The molecule has 2 aliphatic rings. The third kappa shape index (κ3) is 5.35. The molecule has 4 aromatic rings. The Morgan fingerprint density at radius 1 is 0.932 bits per heavy atom. The normalized spacial score (nSPS) is 19.5. The number of rotatable bonds is 6. The van der Waals surface area contributed by atoms with Gasteiger partial charge in [0, 0.05) is 16.5 Å². The van der Waals surface area contributed by atoms with Gasteiger partial charge < -0.3 is 10.1 Å². The van der Waals surface area contributed by atoms with Crippen molar-refractivity contribution < 1.29 is 23.5 Å². The Bertz CT molecular complexity index is 1810. The van der Waals surface area contributed by atoms with Gasteiger partial charge in [0.05, 0.1) is 23.7 Å². The molecule has 3 atom stereocenters. The first-order chi connectivity index (χ1) is 21.0. The first kappa shape index (κ1) is 29.8. The number of nitrogens with one attached hydrogen (secondary N) is 1. The van der Waals surface area contributed by atoms with Gasteiger partial charge in [-0.1, -0.05) is 68.1 Å². The summed E-state index contributed by atoms with van der Waals surface area (Å²) < 4.78 is 20.0. The van der Waals surface area contributed by atoms with E-state index in [1.54, 1.807) is 31.4 Å². The standard InChI is InChI=1S/C33H30FN3O5S2/c1-33(2,3)19-7-5-18(6-8-19)25-26-27(30(40)37(29(26)39)22-13-15-23(42-4)16-14-22)43-31-28(25)44-32(41)36(31)17-24(38)35-21-11-9-20(34)10-12-21/h5-16,25-27H,17H2,1-4H3,(H,35,38)/t25-,26?,27?/m1/s1. The maximum absolute atomic E-state index is 14.1. The summed E-state index contributed by atoms with van der Waals surface area (Å²) in [4.78, 5) is 56.0. The van der Waals surface area contributed by atoms with E-state index in [0.29, 0.717) is 27.0 Å². The fraction of sp³-hybridized carbons (Fsp3) is 0.273. The summed E-state index contributed by atoms with van der Waals surface area (Å²) in [5, 5.41) is 2.39. The summed E-state index contributed by atoms with van der Waals surface area (Å²) in [7, 11) is 1.54. The van der Waals surface area contributed by atoms with E-state index in [2.05, 4.69) is 26.1 Å². The number of amides is 3. The molecule has 3 heterocycles. The maximum Gasteiger partial charge on any atom is 0.308 e. The number of halogens is 1. The van der Waals surface area contributed by atoms with Crippen molar-refractivity contribution >= 4 is 52.2 Å². The van der Waals surface area contributed by atoms with E-state index in [-0.39, 0.29) is 28.6 Å². The Labute approximate surface area is 261 Å². The van der Waals surface area contributed by atoms with Crippen molar-refractivity contribution in [3.05, 3.63) is 104 Å². The lowest BCUT2D eigenvalue weighted by molar-refractivity contribution is -0.122. The van der Waals surface area contributed by atoms with Gasteiger partial charge in [-0.15, -0.1) is 0 Å². The molecule has 1 N–H and O–H groups in total. The summed E-state index contributed by atoms with van der Waals surface area (Å²) in [6, 6.07) is 20.0. The Morgan fingerprint density at radius 3 is 2.20 bits per heavy atom. The lowest BCUT2D eigenvalue weighted by Crippen LogP contribution is -2.33. The minimum absolute atomic E-state index is 0.0923. The molecular formula is C33H30FN3O5S2. The summed E-state index contributed by atoms with van der Waals surface area (Å²) in [5.74, 6) is -2.33. The van der Waals surface area contributed by atoms with Crippen LogP contribution in [0.1, 0.15) is 42.7 Å². The first-order valence-electron chi connectivity index (χ1n) is 14.0. The first-order valence-corrected chi connectivity index (χ1v) is 15.7. The van der Waals surface area contributed by atoms with Crippen LogP contribution in [0.3, 0.4) is 0 Å². The molecule has 1 saturated heterocycles. The van der Waals surface area contributed by atoms with Crippen molar-refractivity contribution in [2.24, 2.45) is 5.92 Å². The van der Waals surface area contributed by atoms with Crippen LogP contribution in [0, 0.1) is 11.7 Å². The highest BCUT2D eigenvalue weighted by molar-refractivity contribution is 8.00. The molecular weight excluding hydrogens is 602 g/mol. The van der Waals surface area contributed by atoms with Crippen LogP contribution in [0.5, 0.6) is 5.75 Å². The molecule has 1 fully saturated rings. The number of methoxy groups -OCH3 is 1. The predicted molar refractivity (Wildman–Crippen MR) is 169 cm³/mol. The molecule has 3 amide bonds. The number of ether oxygens (including phenoxy) is 1. The molecule has 8 nitrogen and oxygen atoms in total. The van der Waals surface area contributed by atoms with Crippen molar-refractivity contribution in [3.63, 3.8) is 0 Å². The van der Waals surface area contributed by atoms with Gasteiger partial charge in [-0.2, -0.15) is 0 Å². The third-order valence-corrected chi connectivity index (χ3v) is 10.5. The number of hydrogen-bond donors (Lipinski definition) is 1. The second-order valence-electron chi connectivity index (χ2n) is 11.8. The van der Waals surface area contributed by atoms with Gasteiger partial charge in [-0.05, 0) is 65.1 Å². The molecule has 0 spiro atoms. The molecule has 0 bridgehead atoms. The summed E-state index contributed by atoms with van der Waals surface area (Å²) in [6.07, 6.45) is 0.